The number of amides is 1. The van der Waals surface area contributed by atoms with Gasteiger partial charge in [-0.05, 0) is 32.6 Å². The van der Waals surface area contributed by atoms with Gasteiger partial charge in [0.05, 0.1) is 23.7 Å². The maximum atomic E-state index is 12.5. The van der Waals surface area contributed by atoms with Crippen molar-refractivity contribution in [3.05, 3.63) is 24.2 Å². The van der Waals surface area contributed by atoms with Gasteiger partial charge < -0.3 is 19.9 Å². The van der Waals surface area contributed by atoms with Gasteiger partial charge in [-0.2, -0.15) is 0 Å². The van der Waals surface area contributed by atoms with Crippen LogP contribution in [0.4, 0.5) is 0 Å². The zero-order valence-electron chi connectivity index (χ0n) is 12.6. The summed E-state index contributed by atoms with van der Waals surface area (Å²) in [6, 6.07) is 4.01. The minimum atomic E-state index is -0.180. The SMILES string of the molecule is CN(C)[C@@H]1[C@@H](NC(=O)c2nc3ncccc3[nH]2)[C@H]2CCO[C@H]21. The number of H-pyrrole nitrogens is 1. The Kier molecular flexibility index (Phi) is 3.12. The molecule has 0 unspecified atom stereocenters. The van der Waals surface area contributed by atoms with Crippen molar-refractivity contribution in [2.24, 2.45) is 5.92 Å². The first kappa shape index (κ1) is 13.7. The van der Waals surface area contributed by atoms with Crippen LogP contribution in [-0.4, -0.2) is 64.6 Å². The molecule has 0 bridgehead atoms. The molecule has 2 aromatic heterocycles. The summed E-state index contributed by atoms with van der Waals surface area (Å²) in [5, 5.41) is 3.11. The van der Waals surface area contributed by atoms with E-state index in [0.717, 1.165) is 18.5 Å². The number of aromatic nitrogens is 3. The maximum Gasteiger partial charge on any atom is 0.287 e. The van der Waals surface area contributed by atoms with Gasteiger partial charge in [0.25, 0.3) is 5.91 Å². The Morgan fingerprint density at radius 1 is 1.50 bits per heavy atom. The highest BCUT2D eigenvalue weighted by Gasteiger charge is 2.55. The molecular formula is C15H19N5O2. The number of carbonyl (C=O) groups is 1. The first-order valence-corrected chi connectivity index (χ1v) is 7.55. The summed E-state index contributed by atoms with van der Waals surface area (Å²) in [5.41, 5.74) is 1.33. The van der Waals surface area contributed by atoms with Gasteiger partial charge >= 0.3 is 0 Å². The maximum absolute atomic E-state index is 12.5. The Bertz CT molecular complexity index is 680. The summed E-state index contributed by atoms with van der Waals surface area (Å²) in [6.45, 7) is 0.778. The van der Waals surface area contributed by atoms with Crippen molar-refractivity contribution in [1.29, 1.82) is 0 Å². The van der Waals surface area contributed by atoms with Crippen LogP contribution in [0.5, 0.6) is 0 Å². The molecule has 2 aliphatic rings. The summed E-state index contributed by atoms with van der Waals surface area (Å²) in [4.78, 5) is 26.0. The molecule has 2 fully saturated rings. The Morgan fingerprint density at radius 2 is 2.36 bits per heavy atom. The average Bonchev–Trinajstić information content (AvgIpc) is 3.08. The number of pyridine rings is 1. The van der Waals surface area contributed by atoms with E-state index in [4.69, 9.17) is 4.74 Å². The summed E-state index contributed by atoms with van der Waals surface area (Å²) in [6.07, 6.45) is 2.90. The highest BCUT2D eigenvalue weighted by atomic mass is 16.5. The number of aromatic amines is 1. The molecule has 0 spiro atoms. The van der Waals surface area contributed by atoms with Crippen molar-refractivity contribution in [1.82, 2.24) is 25.2 Å². The van der Waals surface area contributed by atoms with Crippen molar-refractivity contribution in [2.75, 3.05) is 20.7 Å². The molecule has 22 heavy (non-hydrogen) atoms. The van der Waals surface area contributed by atoms with Crippen molar-refractivity contribution in [2.45, 2.75) is 24.6 Å². The van der Waals surface area contributed by atoms with Gasteiger partial charge in [0.15, 0.2) is 11.5 Å². The van der Waals surface area contributed by atoms with Gasteiger partial charge in [0.1, 0.15) is 0 Å². The van der Waals surface area contributed by atoms with Gasteiger partial charge in [0, 0.05) is 18.7 Å². The predicted octanol–water partition coefficient (Wildman–Crippen LogP) is 0.405. The molecular weight excluding hydrogens is 282 g/mol. The zero-order valence-corrected chi connectivity index (χ0v) is 12.6. The Labute approximate surface area is 128 Å². The molecule has 7 heteroatoms. The molecule has 2 N–H and O–H groups in total. The second-order valence-corrected chi connectivity index (χ2v) is 6.20. The number of rotatable bonds is 3. The van der Waals surface area contributed by atoms with Crippen molar-refractivity contribution in [3.63, 3.8) is 0 Å². The number of nitrogens with zero attached hydrogens (tertiary/aromatic N) is 3. The molecule has 4 atom stereocenters. The van der Waals surface area contributed by atoms with Gasteiger partial charge in [0.2, 0.25) is 0 Å². The lowest BCUT2D eigenvalue weighted by Gasteiger charge is -2.50. The number of ether oxygens (including phenoxy) is 1. The van der Waals surface area contributed by atoms with Crippen molar-refractivity contribution >= 4 is 17.1 Å². The second kappa shape index (κ2) is 5.03. The molecule has 0 aromatic carbocycles. The first-order chi connectivity index (χ1) is 10.6. The topological polar surface area (TPSA) is 83.1 Å². The van der Waals surface area contributed by atoms with Crippen LogP contribution < -0.4 is 5.32 Å². The molecule has 7 nitrogen and oxygen atoms in total. The molecule has 116 valence electrons. The monoisotopic (exact) mass is 301 g/mol. The fourth-order valence-electron chi connectivity index (χ4n) is 3.66. The standard InChI is InChI=1S/C15H19N5O2/c1-20(2)11-10(8-5-7-22-12(8)11)18-15(21)14-17-9-4-3-6-16-13(9)19-14/h3-4,6,8,10-12H,5,7H2,1-2H3,(H,18,21)(H,16,17,19)/t8-,10+,11-,12-/m1/s1. The molecule has 1 saturated carbocycles. The molecule has 1 aliphatic carbocycles. The minimum Gasteiger partial charge on any atom is -0.376 e. The number of likely N-dealkylation sites (N-methyl/N-ethyl adjacent to an activating group) is 1. The van der Waals surface area contributed by atoms with Crippen LogP contribution in [0.1, 0.15) is 17.0 Å². The van der Waals surface area contributed by atoms with E-state index in [0.29, 0.717) is 17.4 Å². The second-order valence-electron chi connectivity index (χ2n) is 6.20. The summed E-state index contributed by atoms with van der Waals surface area (Å²) in [5.74, 6) is 0.535. The van der Waals surface area contributed by atoms with Crippen LogP contribution in [0.3, 0.4) is 0 Å². The summed E-state index contributed by atoms with van der Waals surface area (Å²) < 4.78 is 5.76. The van der Waals surface area contributed by atoms with Crippen LogP contribution in [0.2, 0.25) is 0 Å². The zero-order chi connectivity index (χ0) is 15.3. The predicted molar refractivity (Wildman–Crippen MR) is 80.5 cm³/mol. The van der Waals surface area contributed by atoms with Crippen LogP contribution in [-0.2, 0) is 4.74 Å². The van der Waals surface area contributed by atoms with Crippen LogP contribution >= 0.6 is 0 Å². The smallest absolute Gasteiger partial charge is 0.287 e. The lowest BCUT2D eigenvalue weighted by atomic mass is 9.71. The van der Waals surface area contributed by atoms with E-state index in [2.05, 4.69) is 25.2 Å². The van der Waals surface area contributed by atoms with Crippen LogP contribution in [0, 0.1) is 5.92 Å². The molecule has 2 aromatic rings. The lowest BCUT2D eigenvalue weighted by molar-refractivity contribution is -0.0664. The molecule has 3 heterocycles. The van der Waals surface area contributed by atoms with E-state index in [1.165, 1.54) is 0 Å². The first-order valence-electron chi connectivity index (χ1n) is 7.55. The molecule has 1 aliphatic heterocycles. The Morgan fingerprint density at radius 3 is 3.14 bits per heavy atom. The summed E-state index contributed by atoms with van der Waals surface area (Å²) in [7, 11) is 4.04. The van der Waals surface area contributed by atoms with Crippen molar-refractivity contribution in [3.8, 4) is 0 Å². The van der Waals surface area contributed by atoms with Gasteiger partial charge in [-0.15, -0.1) is 0 Å². The fraction of sp³-hybridized carbons (Fsp3) is 0.533. The number of hydrogen-bond donors (Lipinski definition) is 2. The average molecular weight is 301 g/mol. The lowest BCUT2D eigenvalue weighted by Crippen LogP contribution is -2.69. The molecule has 1 amide bonds. The van der Waals surface area contributed by atoms with Crippen LogP contribution in [0.25, 0.3) is 11.2 Å². The third-order valence-corrected chi connectivity index (χ3v) is 4.72. The van der Waals surface area contributed by atoms with E-state index < -0.39 is 0 Å². The van der Waals surface area contributed by atoms with Crippen LogP contribution in [0.15, 0.2) is 18.3 Å². The van der Waals surface area contributed by atoms with E-state index in [1.54, 1.807) is 6.20 Å². The number of nitrogens with one attached hydrogen (secondary N) is 2. The fourth-order valence-corrected chi connectivity index (χ4v) is 3.66. The minimum absolute atomic E-state index is 0.108. The number of fused-ring (bicyclic) bond motifs is 2. The summed E-state index contributed by atoms with van der Waals surface area (Å²) >= 11 is 0. The quantitative estimate of drug-likeness (QED) is 0.858. The molecule has 4 rings (SSSR count). The molecule has 0 radical (unpaired) electrons. The Balaban J connectivity index is 1.53. The van der Waals surface area contributed by atoms with Gasteiger partial charge in [-0.3, -0.25) is 4.79 Å². The third-order valence-electron chi connectivity index (χ3n) is 4.72. The van der Waals surface area contributed by atoms with Crippen molar-refractivity contribution < 1.29 is 9.53 Å². The van der Waals surface area contributed by atoms with Gasteiger partial charge in [-0.25, -0.2) is 9.97 Å². The highest BCUT2D eigenvalue weighted by molar-refractivity contribution is 5.93. The van der Waals surface area contributed by atoms with E-state index >= 15 is 0 Å². The Hall–Kier alpha value is -1.99. The molecule has 1 saturated heterocycles. The van der Waals surface area contributed by atoms with E-state index in [1.807, 2.05) is 26.2 Å². The number of hydrogen-bond acceptors (Lipinski definition) is 5. The normalized spacial score (nSPS) is 30.3. The number of imidazole rings is 1. The number of carbonyl (C=O) groups excluding carboxylic acids is 1. The van der Waals surface area contributed by atoms with E-state index in [9.17, 15) is 4.79 Å². The van der Waals surface area contributed by atoms with Gasteiger partial charge in [-0.1, -0.05) is 0 Å². The largest absolute Gasteiger partial charge is 0.376 e. The van der Waals surface area contributed by atoms with E-state index in [-0.39, 0.29) is 24.1 Å². The third kappa shape index (κ3) is 2.00. The highest BCUT2D eigenvalue weighted by Crippen LogP contribution is 2.41.